The maximum absolute atomic E-state index is 12.3. The van der Waals surface area contributed by atoms with E-state index in [0.717, 1.165) is 70.6 Å². The van der Waals surface area contributed by atoms with Gasteiger partial charge in [-0.15, -0.1) is 0 Å². The minimum absolute atomic E-state index is 0.0399. The summed E-state index contributed by atoms with van der Waals surface area (Å²) in [5.41, 5.74) is 0. The number of carbonyl (C=O) groups is 11. The Kier molecular flexibility index (Phi) is 40.9. The number of carbonyl (C=O) groups excluding carboxylic acids is 7. The predicted octanol–water partition coefficient (Wildman–Crippen LogP) is 1.82. The van der Waals surface area contributed by atoms with Crippen LogP contribution in [-0.2, 0) is 71.7 Å². The molecule has 406 valence electrons. The fourth-order valence-electron chi connectivity index (χ4n) is 6.67. The molecule has 0 saturated heterocycles. The number of amides is 5. The Morgan fingerprint density at radius 3 is 1.23 bits per heavy atom. The van der Waals surface area contributed by atoms with E-state index >= 15 is 0 Å². The summed E-state index contributed by atoms with van der Waals surface area (Å²) in [6.45, 7) is 0.0195. The predicted molar refractivity (Wildman–Crippen MR) is 253 cm³/mol. The van der Waals surface area contributed by atoms with Gasteiger partial charge in [-0.2, -0.15) is 0 Å². The Morgan fingerprint density at radius 1 is 0.380 bits per heavy atom. The summed E-state index contributed by atoms with van der Waals surface area (Å²) in [5, 5.41) is 49.2. The van der Waals surface area contributed by atoms with Gasteiger partial charge in [0.15, 0.2) is 0 Å². The summed E-state index contributed by atoms with van der Waals surface area (Å²) < 4.78 is 21.1. The zero-order valence-corrected chi connectivity index (χ0v) is 41.1. The van der Waals surface area contributed by atoms with E-state index in [-0.39, 0.29) is 129 Å². The van der Waals surface area contributed by atoms with Crippen molar-refractivity contribution in [3.05, 3.63) is 0 Å². The lowest BCUT2D eigenvalue weighted by Gasteiger charge is -2.17. The third kappa shape index (κ3) is 41.9. The Bertz CT molecular complexity index is 1600. The zero-order valence-electron chi connectivity index (χ0n) is 41.1. The lowest BCUT2D eigenvalue weighted by molar-refractivity contribution is -0.144. The highest BCUT2D eigenvalue weighted by atomic mass is 16.5. The molecule has 0 aromatic heterocycles. The van der Waals surface area contributed by atoms with Gasteiger partial charge in [0.2, 0.25) is 29.5 Å². The highest BCUT2D eigenvalue weighted by molar-refractivity contribution is 5.87. The SMILES string of the molecule is O=CCCCC(=O)CC[C@H](NC(=O)CC[C@H](NC(=O)COCCOCCNC(=O)COCCOCCNC(=O)CC[C@H](NC(=O)CCCCCCCCCCCCCCC(=O)O)C(=O)O)C(=O)O)C(=O)O. The van der Waals surface area contributed by atoms with Crippen molar-refractivity contribution in [2.45, 2.75) is 166 Å². The van der Waals surface area contributed by atoms with E-state index in [1.165, 1.54) is 0 Å². The maximum atomic E-state index is 12.3. The second-order valence-electron chi connectivity index (χ2n) is 16.8. The number of ketones is 1. The van der Waals surface area contributed by atoms with Crippen LogP contribution < -0.4 is 26.6 Å². The number of nitrogens with one attached hydrogen (secondary N) is 5. The molecule has 0 aliphatic carbocycles. The Morgan fingerprint density at radius 2 is 0.761 bits per heavy atom. The third-order valence-corrected chi connectivity index (χ3v) is 10.6. The standard InChI is InChI=1S/C47H79N5O19/c53-26-14-13-15-35(54)18-19-36(45(62)63)51-41(57)23-21-38(47(66)67)52-43(59)34-71-32-30-69-28-25-49-42(58)33-70-31-29-68-27-24-48-39(55)22-20-37(46(64)65)50-40(56)16-11-9-7-5-3-1-2-4-6-8-10-12-17-44(60)61/h26,36-38H,1-25,27-34H2,(H,48,55)(H,49,58)(H,50,56)(H,51,57)(H,52,59)(H,60,61)(H,62,63)(H,64,65)(H,66,67)/t36-,37-,38-/m0/s1. The van der Waals surface area contributed by atoms with E-state index in [0.29, 0.717) is 19.1 Å². The summed E-state index contributed by atoms with van der Waals surface area (Å²) in [4.78, 5) is 129. The topological polar surface area (TPSA) is 366 Å². The largest absolute Gasteiger partial charge is 0.481 e. The molecule has 0 bridgehead atoms. The molecule has 0 spiro atoms. The van der Waals surface area contributed by atoms with Gasteiger partial charge in [-0.05, 0) is 38.5 Å². The van der Waals surface area contributed by atoms with Gasteiger partial charge in [-0.25, -0.2) is 14.4 Å². The minimum Gasteiger partial charge on any atom is -0.481 e. The molecule has 0 rings (SSSR count). The highest BCUT2D eigenvalue weighted by Crippen LogP contribution is 2.13. The number of aldehydes is 1. The van der Waals surface area contributed by atoms with Crippen molar-refractivity contribution in [3.63, 3.8) is 0 Å². The summed E-state index contributed by atoms with van der Waals surface area (Å²) in [7, 11) is 0. The molecular weight excluding hydrogens is 939 g/mol. The first kappa shape index (κ1) is 65.4. The summed E-state index contributed by atoms with van der Waals surface area (Å²) in [6, 6.07) is -4.03. The first-order valence-corrected chi connectivity index (χ1v) is 24.6. The molecule has 3 atom stereocenters. The number of hydrogen-bond acceptors (Lipinski definition) is 15. The van der Waals surface area contributed by atoms with Gasteiger partial charge in [0, 0.05) is 58.0 Å². The van der Waals surface area contributed by atoms with Crippen LogP contribution in [0.15, 0.2) is 0 Å². The molecule has 0 heterocycles. The van der Waals surface area contributed by atoms with Crippen molar-refractivity contribution in [1.29, 1.82) is 0 Å². The summed E-state index contributed by atoms with van der Waals surface area (Å²) in [5.74, 6) is -7.76. The van der Waals surface area contributed by atoms with Crippen molar-refractivity contribution in [3.8, 4) is 0 Å². The number of carboxylic acids is 4. The quantitative estimate of drug-likeness (QED) is 0.0310. The number of aliphatic carboxylic acids is 4. The highest BCUT2D eigenvalue weighted by Gasteiger charge is 2.25. The van der Waals surface area contributed by atoms with Crippen LogP contribution in [0.5, 0.6) is 0 Å². The molecule has 24 nitrogen and oxygen atoms in total. The number of unbranched alkanes of at least 4 members (excludes halogenated alkanes) is 12. The molecule has 24 heteroatoms. The number of Topliss-reactive ketones (excluding diaryl/α,β-unsaturated/α-hetero) is 1. The van der Waals surface area contributed by atoms with Crippen molar-refractivity contribution in [2.75, 3.05) is 65.9 Å². The van der Waals surface area contributed by atoms with Crippen LogP contribution in [0.2, 0.25) is 0 Å². The number of hydrogen-bond donors (Lipinski definition) is 9. The first-order chi connectivity index (χ1) is 34.0. The molecule has 71 heavy (non-hydrogen) atoms. The zero-order chi connectivity index (χ0) is 52.9. The van der Waals surface area contributed by atoms with Crippen LogP contribution in [0.25, 0.3) is 0 Å². The van der Waals surface area contributed by atoms with Gasteiger partial charge in [-0.1, -0.05) is 64.2 Å². The van der Waals surface area contributed by atoms with E-state index in [4.69, 9.17) is 24.1 Å². The normalized spacial score (nSPS) is 12.2. The minimum atomic E-state index is -1.47. The number of rotatable bonds is 50. The summed E-state index contributed by atoms with van der Waals surface area (Å²) in [6.07, 6.45) is 12.6. The molecule has 0 radical (unpaired) electrons. The lowest BCUT2D eigenvalue weighted by atomic mass is 10.0. The van der Waals surface area contributed by atoms with Crippen molar-refractivity contribution < 1.29 is 92.1 Å². The van der Waals surface area contributed by atoms with Crippen molar-refractivity contribution in [2.24, 2.45) is 0 Å². The Balaban J connectivity index is 3.93. The van der Waals surface area contributed by atoms with Crippen LogP contribution in [-0.4, -0.2) is 170 Å². The fraction of sp³-hybridized carbons (Fsp3) is 0.766. The average Bonchev–Trinajstić information content (AvgIpc) is 3.31. The summed E-state index contributed by atoms with van der Waals surface area (Å²) >= 11 is 0. The molecule has 9 N–H and O–H groups in total. The van der Waals surface area contributed by atoms with Gasteiger partial charge in [0.05, 0.1) is 39.6 Å². The molecule has 0 unspecified atom stereocenters. The van der Waals surface area contributed by atoms with Gasteiger partial charge in [0.1, 0.15) is 43.4 Å². The van der Waals surface area contributed by atoms with Crippen molar-refractivity contribution in [1.82, 2.24) is 26.6 Å². The molecule has 0 aromatic carbocycles. The average molecular weight is 1020 g/mol. The fourth-order valence-corrected chi connectivity index (χ4v) is 6.67. The van der Waals surface area contributed by atoms with E-state index in [9.17, 15) is 68.1 Å². The molecule has 0 fully saturated rings. The second kappa shape index (κ2) is 44.4. The van der Waals surface area contributed by atoms with Gasteiger partial charge < -0.3 is 70.8 Å². The lowest BCUT2D eigenvalue weighted by Crippen LogP contribution is -2.45. The van der Waals surface area contributed by atoms with E-state index < -0.39 is 78.7 Å². The molecule has 0 saturated carbocycles. The van der Waals surface area contributed by atoms with Gasteiger partial charge in [0.25, 0.3) is 0 Å². The van der Waals surface area contributed by atoms with E-state index in [2.05, 4.69) is 26.6 Å². The monoisotopic (exact) mass is 1020 g/mol. The Hall–Kier alpha value is -5.59. The van der Waals surface area contributed by atoms with E-state index in [1.807, 2.05) is 0 Å². The first-order valence-electron chi connectivity index (χ1n) is 24.6. The second-order valence-corrected chi connectivity index (χ2v) is 16.8. The molecule has 0 aliphatic heterocycles. The van der Waals surface area contributed by atoms with Crippen LogP contribution in [0.4, 0.5) is 0 Å². The van der Waals surface area contributed by atoms with Gasteiger partial charge >= 0.3 is 23.9 Å². The molecule has 5 amide bonds. The van der Waals surface area contributed by atoms with Crippen LogP contribution in [0.1, 0.15) is 148 Å². The maximum Gasteiger partial charge on any atom is 0.326 e. The number of ether oxygens (including phenoxy) is 4. The van der Waals surface area contributed by atoms with Crippen LogP contribution in [0, 0.1) is 0 Å². The molecule has 0 aliphatic rings. The van der Waals surface area contributed by atoms with E-state index in [1.54, 1.807) is 0 Å². The van der Waals surface area contributed by atoms with Crippen LogP contribution >= 0.6 is 0 Å². The van der Waals surface area contributed by atoms with Crippen LogP contribution in [0.3, 0.4) is 0 Å². The number of carboxylic acid groups (broad SMARTS) is 4. The van der Waals surface area contributed by atoms with Gasteiger partial charge in [-0.3, -0.25) is 33.6 Å². The smallest absolute Gasteiger partial charge is 0.326 e. The third-order valence-electron chi connectivity index (χ3n) is 10.6. The molecular formula is C47H79N5O19. The van der Waals surface area contributed by atoms with Crippen molar-refractivity contribution >= 4 is 65.5 Å². The molecule has 0 aromatic rings. The Labute approximate surface area is 415 Å².